The van der Waals surface area contributed by atoms with E-state index in [4.69, 9.17) is 14.1 Å². The number of hydrogen-bond donors (Lipinski definition) is 4. The summed E-state index contributed by atoms with van der Waals surface area (Å²) in [6.07, 6.45) is 0.699. The van der Waals surface area contributed by atoms with E-state index < -0.39 is 21.9 Å². The topological polar surface area (TPSA) is 146 Å². The summed E-state index contributed by atoms with van der Waals surface area (Å²) < 4.78 is 36.0. The minimum Gasteiger partial charge on any atom is -0.457 e. The maximum atomic E-state index is 12.5. The van der Waals surface area contributed by atoms with Gasteiger partial charge in [0.25, 0.3) is 10.1 Å². The molecule has 4 aromatic carbocycles. The molecule has 230 valence electrons. The van der Waals surface area contributed by atoms with Gasteiger partial charge in [0.05, 0.1) is 12.4 Å². The Morgan fingerprint density at radius 3 is 1.68 bits per heavy atom. The van der Waals surface area contributed by atoms with Crippen molar-refractivity contribution in [3.8, 4) is 11.5 Å². The number of carbonyl (C=O) groups excluding carboxylic acids is 2. The number of amides is 4. The van der Waals surface area contributed by atoms with Crippen molar-refractivity contribution in [1.82, 2.24) is 5.06 Å². The highest BCUT2D eigenvalue weighted by molar-refractivity contribution is 7.85. The highest BCUT2D eigenvalue weighted by atomic mass is 32.2. The normalized spacial score (nSPS) is 11.0. The standard InChI is InChI=1S/C32H34N4O7S/c1-23-4-16-29(17-5-23)43-30-18-14-27(15-19-30)34-31(37)33-26-10-6-24(7-11-26)22-25-8-12-28(13-9-25)35-32(38)36(2)42-20-3-21-44(39,40)41/h4-19H,3,20-22H2,1-2H3,(H,35,38)(H2,33,34,37)(H,39,40,41). The van der Waals surface area contributed by atoms with Gasteiger partial charge in [-0.15, -0.1) is 0 Å². The molecule has 0 aliphatic carbocycles. The molecule has 0 spiro atoms. The van der Waals surface area contributed by atoms with E-state index in [0.717, 1.165) is 27.5 Å². The van der Waals surface area contributed by atoms with E-state index in [2.05, 4.69) is 16.0 Å². The van der Waals surface area contributed by atoms with Crippen LogP contribution in [0, 0.1) is 6.92 Å². The number of rotatable bonds is 12. The SMILES string of the molecule is Cc1ccc(Oc2ccc(NC(=O)Nc3ccc(Cc4ccc(NC(=O)N(C)OCCCS(=O)(=O)O)cc4)cc3)cc2)cc1. The smallest absolute Gasteiger partial charge is 0.345 e. The fourth-order valence-electron chi connectivity index (χ4n) is 3.99. The van der Waals surface area contributed by atoms with E-state index in [1.165, 1.54) is 7.05 Å². The Morgan fingerprint density at radius 2 is 1.18 bits per heavy atom. The second-order valence-corrected chi connectivity index (χ2v) is 11.6. The lowest BCUT2D eigenvalue weighted by Crippen LogP contribution is -2.32. The number of carbonyl (C=O) groups is 2. The van der Waals surface area contributed by atoms with Gasteiger partial charge >= 0.3 is 12.1 Å². The predicted octanol–water partition coefficient (Wildman–Crippen LogP) is 6.70. The summed E-state index contributed by atoms with van der Waals surface area (Å²) in [6, 6.07) is 28.8. The Hall–Kier alpha value is -4.91. The van der Waals surface area contributed by atoms with Gasteiger partial charge in [-0.2, -0.15) is 8.42 Å². The van der Waals surface area contributed by atoms with Gasteiger partial charge in [0.2, 0.25) is 0 Å². The fourth-order valence-corrected chi connectivity index (χ4v) is 4.48. The van der Waals surface area contributed by atoms with E-state index in [9.17, 15) is 18.0 Å². The molecule has 0 aliphatic heterocycles. The minimum atomic E-state index is -4.07. The van der Waals surface area contributed by atoms with E-state index in [-0.39, 0.29) is 19.1 Å². The van der Waals surface area contributed by atoms with Crippen molar-refractivity contribution in [2.24, 2.45) is 0 Å². The molecule has 4 rings (SSSR count). The number of nitrogens with zero attached hydrogens (tertiary/aromatic N) is 1. The largest absolute Gasteiger partial charge is 0.457 e. The average Bonchev–Trinajstić information content (AvgIpc) is 2.99. The molecule has 0 fully saturated rings. The third kappa shape index (κ3) is 10.7. The summed E-state index contributed by atoms with van der Waals surface area (Å²) >= 11 is 0. The van der Waals surface area contributed by atoms with Crippen LogP contribution in [-0.4, -0.2) is 49.5 Å². The zero-order chi connectivity index (χ0) is 31.5. The summed E-state index contributed by atoms with van der Waals surface area (Å²) in [6.45, 7) is 1.97. The number of hydrogen-bond acceptors (Lipinski definition) is 6. The highest BCUT2D eigenvalue weighted by Crippen LogP contribution is 2.23. The molecule has 0 heterocycles. The van der Waals surface area contributed by atoms with Gasteiger partial charge in [-0.05, 0) is 91.6 Å². The quantitative estimate of drug-likeness (QED) is 0.0785. The Kier molecular flexibility index (Phi) is 10.9. The van der Waals surface area contributed by atoms with Crippen LogP contribution >= 0.6 is 0 Å². The van der Waals surface area contributed by atoms with Crippen molar-refractivity contribution < 1.29 is 32.1 Å². The molecular formula is C32H34N4O7S. The van der Waals surface area contributed by atoms with Gasteiger partial charge in [0, 0.05) is 24.1 Å². The second-order valence-electron chi connectivity index (χ2n) is 9.99. The van der Waals surface area contributed by atoms with Gasteiger partial charge in [-0.1, -0.05) is 42.0 Å². The second kappa shape index (κ2) is 15.0. The molecule has 0 bridgehead atoms. The van der Waals surface area contributed by atoms with E-state index in [0.29, 0.717) is 29.2 Å². The molecule has 0 atom stereocenters. The molecule has 11 nitrogen and oxygen atoms in total. The first-order chi connectivity index (χ1) is 21.0. The first kappa shape index (κ1) is 32.0. The van der Waals surface area contributed by atoms with Crippen molar-refractivity contribution in [1.29, 1.82) is 0 Å². The number of ether oxygens (including phenoxy) is 1. The molecule has 4 aromatic rings. The Morgan fingerprint density at radius 1 is 0.727 bits per heavy atom. The number of nitrogens with one attached hydrogen (secondary N) is 3. The van der Waals surface area contributed by atoms with Crippen LogP contribution < -0.4 is 20.7 Å². The maximum absolute atomic E-state index is 12.5. The number of benzene rings is 4. The number of hydroxylamine groups is 2. The van der Waals surface area contributed by atoms with Crippen LogP contribution in [0.3, 0.4) is 0 Å². The lowest BCUT2D eigenvalue weighted by molar-refractivity contribution is -0.0934. The molecule has 0 aliphatic rings. The summed E-state index contributed by atoms with van der Waals surface area (Å²) in [5.41, 5.74) is 5.05. The molecule has 12 heteroatoms. The van der Waals surface area contributed by atoms with Crippen LogP contribution in [0.15, 0.2) is 97.1 Å². The minimum absolute atomic E-state index is 0.0410. The fraction of sp³-hybridized carbons (Fsp3) is 0.188. The monoisotopic (exact) mass is 618 g/mol. The van der Waals surface area contributed by atoms with Crippen LogP contribution in [0.1, 0.15) is 23.1 Å². The molecule has 4 amide bonds. The highest BCUT2D eigenvalue weighted by Gasteiger charge is 2.11. The molecule has 4 N–H and O–H groups in total. The Balaban J connectivity index is 1.20. The first-order valence-corrected chi connectivity index (χ1v) is 15.4. The van der Waals surface area contributed by atoms with Gasteiger partial charge in [-0.3, -0.25) is 9.39 Å². The van der Waals surface area contributed by atoms with E-state index in [1.807, 2.05) is 67.6 Å². The van der Waals surface area contributed by atoms with Crippen LogP contribution in [0.2, 0.25) is 0 Å². The van der Waals surface area contributed by atoms with Crippen LogP contribution in [-0.2, 0) is 21.4 Å². The molecule has 0 saturated heterocycles. The summed E-state index contributed by atoms with van der Waals surface area (Å²) in [7, 11) is -2.66. The Bertz CT molecular complexity index is 1640. The van der Waals surface area contributed by atoms with Gasteiger partial charge < -0.3 is 20.7 Å². The lowest BCUT2D eigenvalue weighted by atomic mass is 10.0. The summed E-state index contributed by atoms with van der Waals surface area (Å²) in [4.78, 5) is 29.9. The molecule has 0 aromatic heterocycles. The zero-order valence-electron chi connectivity index (χ0n) is 24.3. The predicted molar refractivity (Wildman–Crippen MR) is 170 cm³/mol. The average molecular weight is 619 g/mol. The van der Waals surface area contributed by atoms with Crippen LogP contribution in [0.25, 0.3) is 0 Å². The number of aryl methyl sites for hydroxylation is 1. The van der Waals surface area contributed by atoms with Crippen molar-refractivity contribution in [2.75, 3.05) is 35.4 Å². The molecular weight excluding hydrogens is 584 g/mol. The van der Waals surface area contributed by atoms with E-state index in [1.54, 1.807) is 36.4 Å². The van der Waals surface area contributed by atoms with Crippen molar-refractivity contribution in [3.05, 3.63) is 114 Å². The molecule has 0 saturated carbocycles. The molecule has 44 heavy (non-hydrogen) atoms. The van der Waals surface area contributed by atoms with Crippen LogP contribution in [0.4, 0.5) is 26.7 Å². The lowest BCUT2D eigenvalue weighted by Gasteiger charge is -2.17. The number of urea groups is 2. The van der Waals surface area contributed by atoms with Crippen molar-refractivity contribution in [3.63, 3.8) is 0 Å². The van der Waals surface area contributed by atoms with Crippen molar-refractivity contribution in [2.45, 2.75) is 19.8 Å². The third-order valence-corrected chi connectivity index (χ3v) is 7.12. The van der Waals surface area contributed by atoms with Crippen molar-refractivity contribution >= 4 is 39.2 Å². The first-order valence-electron chi connectivity index (χ1n) is 13.8. The molecule has 0 radical (unpaired) electrons. The van der Waals surface area contributed by atoms with Crippen LogP contribution in [0.5, 0.6) is 11.5 Å². The van der Waals surface area contributed by atoms with Gasteiger partial charge in [0.15, 0.2) is 0 Å². The summed E-state index contributed by atoms with van der Waals surface area (Å²) in [5, 5.41) is 9.29. The summed E-state index contributed by atoms with van der Waals surface area (Å²) in [5.74, 6) is 0.963. The molecule has 0 unspecified atom stereocenters. The maximum Gasteiger partial charge on any atom is 0.345 e. The third-order valence-electron chi connectivity index (χ3n) is 6.31. The van der Waals surface area contributed by atoms with E-state index >= 15 is 0 Å². The zero-order valence-corrected chi connectivity index (χ0v) is 25.1. The van der Waals surface area contributed by atoms with Gasteiger partial charge in [0.1, 0.15) is 11.5 Å². The van der Waals surface area contributed by atoms with Gasteiger partial charge in [-0.25, -0.2) is 14.7 Å². The Labute approximate surface area is 256 Å². The number of anilines is 3.